The molecular weight excluding hydrogens is 309 g/mol. The van der Waals surface area contributed by atoms with Crippen LogP contribution in [0.5, 0.6) is 0 Å². The molecule has 0 bridgehead atoms. The molecule has 130 valence electrons. The Bertz CT molecular complexity index is 576. The van der Waals surface area contributed by atoms with E-state index in [-0.39, 0.29) is 11.9 Å². The molecule has 0 amide bonds. The van der Waals surface area contributed by atoms with E-state index in [0.29, 0.717) is 24.5 Å². The van der Waals surface area contributed by atoms with E-state index < -0.39 is 0 Å². The van der Waals surface area contributed by atoms with Crippen molar-refractivity contribution in [3.63, 3.8) is 0 Å². The zero-order valence-electron chi connectivity index (χ0n) is 13.9. The molecule has 2 fully saturated rings. The van der Waals surface area contributed by atoms with Gasteiger partial charge >= 0.3 is 0 Å². The molecule has 1 unspecified atom stereocenters. The standard InChI is InChI=1S/C18H24FN3O2/c19-17-12-15(13-20)3-4-18(17)22-7-5-21(6-8-22)9-11-23-14-16-2-1-10-24-16/h3-4,12,16H,1-2,5-11,14H2. The van der Waals surface area contributed by atoms with Gasteiger partial charge in [0, 0.05) is 39.3 Å². The van der Waals surface area contributed by atoms with Crippen molar-refractivity contribution in [2.75, 3.05) is 57.4 Å². The van der Waals surface area contributed by atoms with Gasteiger partial charge in [0.1, 0.15) is 5.82 Å². The van der Waals surface area contributed by atoms with Crippen molar-refractivity contribution in [2.45, 2.75) is 18.9 Å². The molecular formula is C18H24FN3O2. The van der Waals surface area contributed by atoms with Crippen LogP contribution in [0.1, 0.15) is 18.4 Å². The Hall–Kier alpha value is -1.68. The number of ether oxygens (including phenoxy) is 2. The summed E-state index contributed by atoms with van der Waals surface area (Å²) in [7, 11) is 0. The number of halogens is 1. The zero-order chi connectivity index (χ0) is 16.8. The number of nitrogens with zero attached hydrogens (tertiary/aromatic N) is 3. The minimum Gasteiger partial charge on any atom is -0.377 e. The van der Waals surface area contributed by atoms with E-state index in [4.69, 9.17) is 14.7 Å². The molecule has 2 saturated heterocycles. The minimum atomic E-state index is -0.317. The largest absolute Gasteiger partial charge is 0.377 e. The van der Waals surface area contributed by atoms with Crippen LogP contribution in [-0.2, 0) is 9.47 Å². The molecule has 2 heterocycles. The Labute approximate surface area is 142 Å². The fourth-order valence-electron chi connectivity index (χ4n) is 3.23. The minimum absolute atomic E-state index is 0.279. The van der Waals surface area contributed by atoms with Crippen molar-refractivity contribution in [1.82, 2.24) is 4.90 Å². The average Bonchev–Trinajstić information content (AvgIpc) is 3.13. The Morgan fingerprint density at radius 1 is 1.29 bits per heavy atom. The van der Waals surface area contributed by atoms with E-state index in [1.807, 2.05) is 11.0 Å². The number of hydrogen-bond acceptors (Lipinski definition) is 5. The fraction of sp³-hybridized carbons (Fsp3) is 0.611. The summed E-state index contributed by atoms with van der Waals surface area (Å²) in [6.45, 7) is 6.52. The number of nitriles is 1. The lowest BCUT2D eigenvalue weighted by molar-refractivity contribution is 0.0101. The van der Waals surface area contributed by atoms with Crippen LogP contribution in [0.3, 0.4) is 0 Å². The highest BCUT2D eigenvalue weighted by atomic mass is 19.1. The molecule has 0 N–H and O–H groups in total. The second kappa shape index (κ2) is 8.43. The highest BCUT2D eigenvalue weighted by Crippen LogP contribution is 2.21. The summed E-state index contributed by atoms with van der Waals surface area (Å²) in [5.41, 5.74) is 0.946. The first-order valence-electron chi connectivity index (χ1n) is 8.62. The third kappa shape index (κ3) is 4.44. The lowest BCUT2D eigenvalue weighted by Crippen LogP contribution is -2.47. The van der Waals surface area contributed by atoms with Crippen molar-refractivity contribution in [2.24, 2.45) is 0 Å². The lowest BCUT2D eigenvalue weighted by Gasteiger charge is -2.36. The van der Waals surface area contributed by atoms with Crippen molar-refractivity contribution in [3.8, 4) is 6.07 Å². The first-order chi connectivity index (χ1) is 11.8. The summed E-state index contributed by atoms with van der Waals surface area (Å²) < 4.78 is 25.3. The maximum Gasteiger partial charge on any atom is 0.147 e. The van der Waals surface area contributed by atoms with E-state index in [0.717, 1.165) is 52.2 Å². The molecule has 0 spiro atoms. The molecule has 0 radical (unpaired) electrons. The molecule has 2 aliphatic heterocycles. The van der Waals surface area contributed by atoms with Crippen molar-refractivity contribution < 1.29 is 13.9 Å². The second-order valence-electron chi connectivity index (χ2n) is 6.32. The van der Waals surface area contributed by atoms with E-state index in [1.54, 1.807) is 12.1 Å². The third-order valence-electron chi connectivity index (χ3n) is 4.67. The van der Waals surface area contributed by atoms with Crippen molar-refractivity contribution in [1.29, 1.82) is 5.26 Å². The molecule has 2 aliphatic rings. The predicted octanol–water partition coefficient (Wildman–Crippen LogP) is 2.01. The molecule has 1 atom stereocenters. The van der Waals surface area contributed by atoms with Gasteiger partial charge in [-0.05, 0) is 31.0 Å². The van der Waals surface area contributed by atoms with Crippen LogP contribution in [0.4, 0.5) is 10.1 Å². The van der Waals surface area contributed by atoms with Crippen molar-refractivity contribution >= 4 is 5.69 Å². The van der Waals surface area contributed by atoms with Gasteiger partial charge in [0.15, 0.2) is 0 Å². The van der Waals surface area contributed by atoms with E-state index >= 15 is 0 Å². The van der Waals surface area contributed by atoms with Gasteiger partial charge in [0.2, 0.25) is 0 Å². The quantitative estimate of drug-likeness (QED) is 0.746. The number of rotatable bonds is 6. The first kappa shape index (κ1) is 17.2. The summed E-state index contributed by atoms with van der Waals surface area (Å²) >= 11 is 0. The van der Waals surface area contributed by atoms with Gasteiger partial charge in [-0.2, -0.15) is 5.26 Å². The van der Waals surface area contributed by atoms with Gasteiger partial charge in [-0.1, -0.05) is 0 Å². The Morgan fingerprint density at radius 3 is 2.79 bits per heavy atom. The maximum atomic E-state index is 14.1. The van der Waals surface area contributed by atoms with Crippen LogP contribution in [0, 0.1) is 17.1 Å². The number of anilines is 1. The number of hydrogen-bond donors (Lipinski definition) is 0. The summed E-state index contributed by atoms with van der Waals surface area (Å²) in [6.07, 6.45) is 2.53. The van der Waals surface area contributed by atoms with Crippen molar-refractivity contribution in [3.05, 3.63) is 29.6 Å². The Morgan fingerprint density at radius 2 is 2.12 bits per heavy atom. The van der Waals surface area contributed by atoms with Crippen LogP contribution in [0.2, 0.25) is 0 Å². The van der Waals surface area contributed by atoms with Crippen LogP contribution in [0.25, 0.3) is 0 Å². The van der Waals surface area contributed by atoms with Gasteiger partial charge in [0.05, 0.1) is 36.6 Å². The molecule has 3 rings (SSSR count). The fourth-order valence-corrected chi connectivity index (χ4v) is 3.23. The average molecular weight is 333 g/mol. The molecule has 24 heavy (non-hydrogen) atoms. The molecule has 1 aromatic carbocycles. The number of benzene rings is 1. The van der Waals surface area contributed by atoms with Gasteiger partial charge in [-0.3, -0.25) is 4.90 Å². The Kier molecular flexibility index (Phi) is 6.02. The molecule has 0 saturated carbocycles. The highest BCUT2D eigenvalue weighted by Gasteiger charge is 2.20. The van der Waals surface area contributed by atoms with E-state index in [2.05, 4.69) is 4.90 Å². The molecule has 0 aliphatic carbocycles. The van der Waals surface area contributed by atoms with Crippen LogP contribution >= 0.6 is 0 Å². The number of piperazine rings is 1. The van der Waals surface area contributed by atoms with Gasteiger partial charge in [-0.25, -0.2) is 4.39 Å². The second-order valence-corrected chi connectivity index (χ2v) is 6.32. The smallest absolute Gasteiger partial charge is 0.147 e. The highest BCUT2D eigenvalue weighted by molar-refractivity contribution is 5.51. The SMILES string of the molecule is N#Cc1ccc(N2CCN(CCOCC3CCCO3)CC2)c(F)c1. The summed E-state index contributed by atoms with van der Waals surface area (Å²) in [4.78, 5) is 4.38. The molecule has 5 nitrogen and oxygen atoms in total. The summed E-state index contributed by atoms with van der Waals surface area (Å²) in [5, 5.41) is 8.81. The van der Waals surface area contributed by atoms with Crippen LogP contribution < -0.4 is 4.90 Å². The van der Waals surface area contributed by atoms with E-state index in [1.165, 1.54) is 6.07 Å². The first-order valence-corrected chi connectivity index (χ1v) is 8.62. The zero-order valence-corrected chi connectivity index (χ0v) is 13.9. The van der Waals surface area contributed by atoms with Gasteiger partial charge in [0.25, 0.3) is 0 Å². The summed E-state index contributed by atoms with van der Waals surface area (Å²) in [5.74, 6) is -0.317. The van der Waals surface area contributed by atoms with Crippen LogP contribution in [-0.4, -0.2) is 63.5 Å². The topological polar surface area (TPSA) is 48.7 Å². The lowest BCUT2D eigenvalue weighted by atomic mass is 10.2. The van der Waals surface area contributed by atoms with Crippen LogP contribution in [0.15, 0.2) is 18.2 Å². The molecule has 6 heteroatoms. The van der Waals surface area contributed by atoms with E-state index in [9.17, 15) is 4.39 Å². The summed E-state index contributed by atoms with van der Waals surface area (Å²) in [6, 6.07) is 6.64. The van der Waals surface area contributed by atoms with Gasteiger partial charge < -0.3 is 14.4 Å². The maximum absolute atomic E-state index is 14.1. The molecule has 0 aromatic heterocycles. The molecule has 1 aromatic rings. The monoisotopic (exact) mass is 333 g/mol. The third-order valence-corrected chi connectivity index (χ3v) is 4.67. The normalized spacial score (nSPS) is 21.8. The van der Waals surface area contributed by atoms with Gasteiger partial charge in [-0.15, -0.1) is 0 Å². The predicted molar refractivity (Wildman–Crippen MR) is 89.6 cm³/mol. The Balaban J connectivity index is 1.38.